The molecule has 0 aliphatic rings. The number of rotatable bonds is 2. The lowest BCUT2D eigenvalue weighted by Crippen LogP contribution is -1.85. The number of nitrogens with two attached hydrogens (primary N) is 1. The molecule has 0 saturated heterocycles. The van der Waals surface area contributed by atoms with Gasteiger partial charge < -0.3 is 5.73 Å². The molecule has 2 N–H and O–H groups in total. The highest BCUT2D eigenvalue weighted by molar-refractivity contribution is 7.09. The third kappa shape index (κ3) is 2.01. The standard InChI is InChI=1S/C7H11N3S/c1-3-4-5(2)6-9-7(8)11-10-6/h4H,3H2,1-2H3,(H2,8,9,10)/b5-4+. The number of hydrogen-bond acceptors (Lipinski definition) is 4. The molecule has 0 atom stereocenters. The maximum absolute atomic E-state index is 5.43. The zero-order chi connectivity index (χ0) is 8.27. The third-order valence-electron chi connectivity index (χ3n) is 1.30. The first kappa shape index (κ1) is 8.20. The molecule has 3 nitrogen and oxygen atoms in total. The summed E-state index contributed by atoms with van der Waals surface area (Å²) in [5, 5.41) is 0.531. The van der Waals surface area contributed by atoms with Crippen LogP contribution < -0.4 is 5.73 Å². The van der Waals surface area contributed by atoms with Gasteiger partial charge in [0.2, 0.25) is 0 Å². The normalized spacial score (nSPS) is 12.0. The lowest BCUT2D eigenvalue weighted by atomic mass is 10.2. The van der Waals surface area contributed by atoms with Crippen molar-refractivity contribution in [3.63, 3.8) is 0 Å². The van der Waals surface area contributed by atoms with Crippen molar-refractivity contribution in [2.45, 2.75) is 20.3 Å². The molecule has 0 fully saturated rings. The van der Waals surface area contributed by atoms with Gasteiger partial charge in [-0.2, -0.15) is 9.36 Å². The number of allylic oxidation sites excluding steroid dienone is 2. The number of nitrogens with zero attached hydrogens (tertiary/aromatic N) is 2. The van der Waals surface area contributed by atoms with Gasteiger partial charge in [-0.3, -0.25) is 0 Å². The Hall–Kier alpha value is -0.900. The first-order chi connectivity index (χ1) is 5.24. The van der Waals surface area contributed by atoms with Crippen molar-refractivity contribution in [1.82, 2.24) is 9.36 Å². The molecule has 0 radical (unpaired) electrons. The molecule has 0 unspecified atom stereocenters. The Kier molecular flexibility index (Phi) is 2.59. The molecule has 0 aliphatic carbocycles. The van der Waals surface area contributed by atoms with Crippen molar-refractivity contribution in [3.05, 3.63) is 11.9 Å². The SMILES string of the molecule is CC/C=C(\C)c1nsc(N)n1. The van der Waals surface area contributed by atoms with E-state index in [2.05, 4.69) is 22.4 Å². The van der Waals surface area contributed by atoms with Crippen LogP contribution in [-0.4, -0.2) is 9.36 Å². The second-order valence-electron chi connectivity index (χ2n) is 2.25. The molecule has 60 valence electrons. The summed E-state index contributed by atoms with van der Waals surface area (Å²) in [4.78, 5) is 4.05. The van der Waals surface area contributed by atoms with E-state index in [1.54, 1.807) is 0 Å². The first-order valence-corrected chi connectivity index (χ1v) is 4.27. The van der Waals surface area contributed by atoms with Crippen LogP contribution in [-0.2, 0) is 0 Å². The van der Waals surface area contributed by atoms with E-state index >= 15 is 0 Å². The Morgan fingerprint density at radius 1 is 1.73 bits per heavy atom. The van der Waals surface area contributed by atoms with Gasteiger partial charge in [-0.05, 0) is 18.9 Å². The first-order valence-electron chi connectivity index (χ1n) is 3.50. The highest BCUT2D eigenvalue weighted by atomic mass is 32.1. The molecule has 0 bridgehead atoms. The minimum absolute atomic E-state index is 0.531. The zero-order valence-electron chi connectivity index (χ0n) is 6.66. The number of hydrogen-bond donors (Lipinski definition) is 1. The van der Waals surface area contributed by atoms with Crippen LogP contribution in [0.2, 0.25) is 0 Å². The highest BCUT2D eigenvalue weighted by Crippen LogP contribution is 2.14. The Morgan fingerprint density at radius 3 is 2.91 bits per heavy atom. The fraction of sp³-hybridized carbons (Fsp3) is 0.429. The topological polar surface area (TPSA) is 51.8 Å². The smallest absolute Gasteiger partial charge is 0.200 e. The lowest BCUT2D eigenvalue weighted by molar-refractivity contribution is 1.19. The Labute approximate surface area is 70.1 Å². The van der Waals surface area contributed by atoms with Crippen molar-refractivity contribution in [2.75, 3.05) is 5.73 Å². The number of anilines is 1. The van der Waals surface area contributed by atoms with Crippen LogP contribution in [0.5, 0.6) is 0 Å². The highest BCUT2D eigenvalue weighted by Gasteiger charge is 2.00. The maximum Gasteiger partial charge on any atom is 0.200 e. The van der Waals surface area contributed by atoms with Gasteiger partial charge in [-0.1, -0.05) is 13.0 Å². The zero-order valence-corrected chi connectivity index (χ0v) is 7.48. The van der Waals surface area contributed by atoms with E-state index in [0.29, 0.717) is 5.13 Å². The van der Waals surface area contributed by atoms with E-state index in [4.69, 9.17) is 5.73 Å². The van der Waals surface area contributed by atoms with Crippen LogP contribution in [0, 0.1) is 0 Å². The molecule has 0 amide bonds. The molecule has 4 heteroatoms. The minimum atomic E-state index is 0.531. The summed E-state index contributed by atoms with van der Waals surface area (Å²) in [5.41, 5.74) is 6.53. The molecular formula is C7H11N3S. The van der Waals surface area contributed by atoms with Gasteiger partial charge in [-0.15, -0.1) is 0 Å². The van der Waals surface area contributed by atoms with E-state index in [1.165, 1.54) is 11.5 Å². The lowest BCUT2D eigenvalue weighted by Gasteiger charge is -1.90. The van der Waals surface area contributed by atoms with Crippen LogP contribution in [0.3, 0.4) is 0 Å². The van der Waals surface area contributed by atoms with Gasteiger partial charge in [-0.25, -0.2) is 0 Å². The predicted molar refractivity (Wildman–Crippen MR) is 48.3 cm³/mol. The van der Waals surface area contributed by atoms with Crippen LogP contribution in [0.1, 0.15) is 26.1 Å². The Balaban J connectivity index is 2.84. The molecule has 1 rings (SSSR count). The van der Waals surface area contributed by atoms with Gasteiger partial charge in [0.05, 0.1) is 0 Å². The molecule has 1 aromatic rings. The van der Waals surface area contributed by atoms with E-state index < -0.39 is 0 Å². The van der Waals surface area contributed by atoms with Gasteiger partial charge >= 0.3 is 0 Å². The van der Waals surface area contributed by atoms with Crippen molar-refractivity contribution in [2.24, 2.45) is 0 Å². The van der Waals surface area contributed by atoms with Crippen LogP contribution in [0.15, 0.2) is 6.08 Å². The van der Waals surface area contributed by atoms with Gasteiger partial charge in [0.15, 0.2) is 11.0 Å². The monoisotopic (exact) mass is 169 g/mol. The van der Waals surface area contributed by atoms with E-state index in [0.717, 1.165) is 17.8 Å². The molecule has 1 heterocycles. The van der Waals surface area contributed by atoms with Crippen LogP contribution in [0.4, 0.5) is 5.13 Å². The summed E-state index contributed by atoms with van der Waals surface area (Å²) in [6.45, 7) is 4.07. The summed E-state index contributed by atoms with van der Waals surface area (Å²) in [7, 11) is 0. The summed E-state index contributed by atoms with van der Waals surface area (Å²) in [6.07, 6.45) is 3.09. The van der Waals surface area contributed by atoms with E-state index in [-0.39, 0.29) is 0 Å². The van der Waals surface area contributed by atoms with E-state index in [9.17, 15) is 0 Å². The average molecular weight is 169 g/mol. The quantitative estimate of drug-likeness (QED) is 0.736. The summed E-state index contributed by atoms with van der Waals surface area (Å²) in [5.74, 6) is 0.759. The maximum atomic E-state index is 5.43. The number of nitrogen functional groups attached to an aromatic ring is 1. The fourth-order valence-corrected chi connectivity index (χ4v) is 1.28. The Bertz CT molecular complexity index is 264. The van der Waals surface area contributed by atoms with Gasteiger partial charge in [0, 0.05) is 11.5 Å². The van der Waals surface area contributed by atoms with Crippen molar-refractivity contribution in [3.8, 4) is 0 Å². The second-order valence-corrected chi connectivity index (χ2v) is 3.04. The van der Waals surface area contributed by atoms with Crippen LogP contribution >= 0.6 is 11.5 Å². The largest absolute Gasteiger partial charge is 0.374 e. The van der Waals surface area contributed by atoms with Crippen LogP contribution in [0.25, 0.3) is 5.57 Å². The summed E-state index contributed by atoms with van der Waals surface area (Å²) >= 11 is 1.23. The molecule has 0 aliphatic heterocycles. The molecule has 0 spiro atoms. The summed E-state index contributed by atoms with van der Waals surface area (Å²) < 4.78 is 4.07. The average Bonchev–Trinajstić information content (AvgIpc) is 2.36. The number of aromatic nitrogens is 2. The fourth-order valence-electron chi connectivity index (χ4n) is 0.793. The van der Waals surface area contributed by atoms with Crippen molar-refractivity contribution < 1.29 is 0 Å². The molecule has 11 heavy (non-hydrogen) atoms. The third-order valence-corrected chi connectivity index (χ3v) is 1.85. The van der Waals surface area contributed by atoms with Gasteiger partial charge in [0.1, 0.15) is 0 Å². The molecule has 1 aromatic heterocycles. The van der Waals surface area contributed by atoms with Crippen molar-refractivity contribution in [1.29, 1.82) is 0 Å². The molecular weight excluding hydrogens is 158 g/mol. The molecule has 0 saturated carbocycles. The van der Waals surface area contributed by atoms with Gasteiger partial charge in [0.25, 0.3) is 0 Å². The van der Waals surface area contributed by atoms with E-state index in [1.807, 2.05) is 6.92 Å². The molecule has 0 aromatic carbocycles. The Morgan fingerprint density at radius 2 is 2.45 bits per heavy atom. The summed E-state index contributed by atoms with van der Waals surface area (Å²) in [6, 6.07) is 0. The second kappa shape index (κ2) is 3.48. The van der Waals surface area contributed by atoms with Crippen molar-refractivity contribution >= 4 is 22.2 Å². The predicted octanol–water partition coefficient (Wildman–Crippen LogP) is 1.93. The minimum Gasteiger partial charge on any atom is -0.374 e.